The number of aromatic nitrogens is 2. The van der Waals surface area contributed by atoms with Crippen molar-refractivity contribution in [3.8, 4) is 11.5 Å². The van der Waals surface area contributed by atoms with E-state index in [1.807, 2.05) is 0 Å². The molecule has 0 aliphatic carbocycles. The van der Waals surface area contributed by atoms with Crippen molar-refractivity contribution in [2.45, 2.75) is 70.1 Å². The van der Waals surface area contributed by atoms with Crippen LogP contribution in [0.1, 0.15) is 40.8 Å². The highest BCUT2D eigenvalue weighted by molar-refractivity contribution is 7.51. The number of nitrogens with zero attached hydrogens (tertiary/aromatic N) is 1. The van der Waals surface area contributed by atoms with Crippen LogP contribution in [0.25, 0.3) is 0 Å². The quantitative estimate of drug-likeness (QED) is 0.166. The van der Waals surface area contributed by atoms with E-state index in [0.29, 0.717) is 0 Å². The maximum absolute atomic E-state index is 13.0. The molecule has 0 spiro atoms. The Morgan fingerprint density at radius 3 is 2.50 bits per heavy atom. The Labute approximate surface area is 212 Å². The fourth-order valence-electron chi connectivity index (χ4n) is 3.55. The van der Waals surface area contributed by atoms with Crippen LogP contribution in [0.3, 0.4) is 0 Å². The van der Waals surface area contributed by atoms with E-state index in [2.05, 4.69) is 10.1 Å². The van der Waals surface area contributed by atoms with Gasteiger partial charge < -0.3 is 24.5 Å². The highest BCUT2D eigenvalue weighted by atomic mass is 35.5. The van der Waals surface area contributed by atoms with Gasteiger partial charge in [0.05, 0.1) is 6.10 Å². The van der Waals surface area contributed by atoms with Crippen molar-refractivity contribution in [3.05, 3.63) is 57.4 Å². The molecule has 3 rings (SSSR count). The number of hydrogen-bond donors (Lipinski definition) is 3. The van der Waals surface area contributed by atoms with Crippen molar-refractivity contribution in [3.63, 3.8) is 0 Å². The van der Waals surface area contributed by atoms with Crippen molar-refractivity contribution in [1.29, 1.82) is 0 Å². The summed E-state index contributed by atoms with van der Waals surface area (Å²) in [5, 5.41) is 13.5. The summed E-state index contributed by atoms with van der Waals surface area (Å²) in [5.41, 5.74) is -1.37. The smallest absolute Gasteiger partial charge is 0.442 e. The molecule has 1 fully saturated rings. The Hall–Kier alpha value is -2.18. The Bertz CT molecular complexity index is 1160. The maximum atomic E-state index is 13.0. The molecule has 14 heteroatoms. The molecule has 0 amide bonds. The predicted molar refractivity (Wildman–Crippen MR) is 131 cm³/mol. The zero-order valence-electron chi connectivity index (χ0n) is 20.5. The molecule has 1 aromatic carbocycles. The lowest BCUT2D eigenvalue weighted by Crippen LogP contribution is -2.46. The second-order valence-corrected chi connectivity index (χ2v) is 11.4. The minimum absolute atomic E-state index is 0.0871. The third-order valence-corrected chi connectivity index (χ3v) is 7.30. The highest BCUT2D eigenvalue weighted by Crippen LogP contribution is 2.47. The number of H-pyrrole nitrogens is 1. The molecule has 12 nitrogen and oxygen atoms in total. The van der Waals surface area contributed by atoms with Crippen LogP contribution in [-0.2, 0) is 18.5 Å². The number of rotatable bonds is 11. The van der Waals surface area contributed by atoms with Gasteiger partial charge in [0.1, 0.15) is 23.7 Å². The zero-order valence-corrected chi connectivity index (χ0v) is 22.2. The van der Waals surface area contributed by atoms with Crippen molar-refractivity contribution in [2.75, 3.05) is 6.61 Å². The van der Waals surface area contributed by atoms with Crippen LogP contribution in [0, 0.1) is 0 Å². The molecule has 200 valence electrons. The van der Waals surface area contributed by atoms with Gasteiger partial charge in [0.25, 0.3) is 5.56 Å². The van der Waals surface area contributed by atoms with E-state index < -0.39 is 48.4 Å². The molecule has 1 saturated heterocycles. The third kappa shape index (κ3) is 6.57. The lowest BCUT2D eigenvalue weighted by Gasteiger charge is -2.25. The van der Waals surface area contributed by atoms with Gasteiger partial charge in [-0.25, -0.2) is 19.0 Å². The monoisotopic (exact) mass is 547 g/mol. The van der Waals surface area contributed by atoms with Gasteiger partial charge in [0.2, 0.25) is 5.75 Å². The molecular formula is C22H31ClN3O9P. The Morgan fingerprint density at radius 2 is 1.89 bits per heavy atom. The summed E-state index contributed by atoms with van der Waals surface area (Å²) in [7, 11) is -3.81. The van der Waals surface area contributed by atoms with Gasteiger partial charge in [0.15, 0.2) is 12.0 Å². The third-order valence-electron chi connectivity index (χ3n) is 5.08. The summed E-state index contributed by atoms with van der Waals surface area (Å²) >= 11 is 6.51. The van der Waals surface area contributed by atoms with Crippen molar-refractivity contribution in [1.82, 2.24) is 14.6 Å². The first-order chi connectivity index (χ1) is 16.8. The van der Waals surface area contributed by atoms with Crippen molar-refractivity contribution < 1.29 is 33.2 Å². The number of hydrogen-bond acceptors (Lipinski definition) is 9. The van der Waals surface area contributed by atoms with E-state index in [9.17, 15) is 19.3 Å². The summed E-state index contributed by atoms with van der Waals surface area (Å²) < 4.78 is 35.9. The Kier molecular flexibility index (Phi) is 9.05. The predicted octanol–water partition coefficient (Wildman–Crippen LogP) is 2.71. The number of para-hydroxylation sites is 2. The number of nitrogens with one attached hydrogen (secondary N) is 2. The van der Waals surface area contributed by atoms with Crippen LogP contribution in [0.2, 0.25) is 0 Å². The first-order valence-electron chi connectivity index (χ1n) is 11.3. The van der Waals surface area contributed by atoms with E-state index in [4.69, 9.17) is 35.2 Å². The van der Waals surface area contributed by atoms with E-state index in [1.54, 1.807) is 45.9 Å². The molecule has 1 aliphatic rings. The van der Waals surface area contributed by atoms with E-state index in [0.717, 1.165) is 10.6 Å². The molecule has 2 heterocycles. The van der Waals surface area contributed by atoms with Crippen LogP contribution < -0.4 is 26.0 Å². The van der Waals surface area contributed by atoms with Crippen LogP contribution >= 0.6 is 19.3 Å². The molecule has 1 aromatic heterocycles. The van der Waals surface area contributed by atoms with Crippen LogP contribution in [0.5, 0.6) is 11.5 Å². The number of benzene rings is 1. The zero-order chi connectivity index (χ0) is 26.7. The van der Waals surface area contributed by atoms with E-state index in [-0.39, 0.29) is 24.1 Å². The van der Waals surface area contributed by atoms with Crippen molar-refractivity contribution >= 4 is 19.3 Å². The fraction of sp³-hybridized carbons (Fsp3) is 0.545. The van der Waals surface area contributed by atoms with Crippen LogP contribution in [-0.4, -0.2) is 50.5 Å². The van der Waals surface area contributed by atoms with Crippen molar-refractivity contribution in [2.24, 2.45) is 0 Å². The second kappa shape index (κ2) is 11.5. The number of halogens is 1. The second-order valence-electron chi connectivity index (χ2n) is 8.97. The average Bonchev–Trinajstić information content (AvgIpc) is 2.99. The van der Waals surface area contributed by atoms with Crippen LogP contribution in [0.4, 0.5) is 0 Å². The fourth-order valence-corrected chi connectivity index (χ4v) is 5.34. The molecule has 2 aromatic rings. The number of aliphatic hydroxyl groups is 1. The largest absolute Gasteiger partial charge is 0.487 e. The molecule has 36 heavy (non-hydrogen) atoms. The highest BCUT2D eigenvalue weighted by Gasteiger charge is 2.54. The minimum Gasteiger partial charge on any atom is -0.487 e. The number of aliphatic hydroxyl groups excluding tert-OH is 1. The first kappa shape index (κ1) is 28.4. The van der Waals surface area contributed by atoms with E-state index in [1.165, 1.54) is 19.2 Å². The number of alkyl halides is 1. The number of ether oxygens (including phenoxy) is 2. The van der Waals surface area contributed by atoms with Gasteiger partial charge in [-0.1, -0.05) is 16.8 Å². The van der Waals surface area contributed by atoms with Gasteiger partial charge in [0, 0.05) is 18.3 Å². The molecular weight excluding hydrogens is 517 g/mol. The molecule has 3 N–H and O–H groups in total. The molecule has 0 bridgehead atoms. The van der Waals surface area contributed by atoms with Gasteiger partial charge in [-0.05, 0) is 46.8 Å². The van der Waals surface area contributed by atoms with Crippen LogP contribution in [0.15, 0.2) is 46.1 Å². The summed E-state index contributed by atoms with van der Waals surface area (Å²) in [5.74, 6) is 0.271. The molecule has 0 saturated carbocycles. The normalized spacial score (nSPS) is 25.8. The molecule has 1 unspecified atom stereocenters. The maximum Gasteiger partial charge on any atom is 0.442 e. The molecule has 0 radical (unpaired) electrons. The Balaban J connectivity index is 1.73. The van der Waals surface area contributed by atoms with Gasteiger partial charge in [-0.15, -0.1) is 11.6 Å². The average molecular weight is 548 g/mol. The van der Waals surface area contributed by atoms with Gasteiger partial charge >= 0.3 is 13.4 Å². The van der Waals surface area contributed by atoms with E-state index >= 15 is 0 Å². The molecule has 1 aliphatic heterocycles. The van der Waals surface area contributed by atoms with Gasteiger partial charge in [-0.3, -0.25) is 9.32 Å². The first-order valence-corrected chi connectivity index (χ1v) is 13.2. The summed E-state index contributed by atoms with van der Waals surface area (Å²) in [4.78, 5) is 30.7. The lowest BCUT2D eigenvalue weighted by molar-refractivity contribution is -0.120. The summed E-state index contributed by atoms with van der Waals surface area (Å²) in [6, 6.07) is 7.34. The van der Waals surface area contributed by atoms with Gasteiger partial charge in [-0.2, -0.15) is 0 Å². The summed E-state index contributed by atoms with van der Waals surface area (Å²) in [6.45, 7) is 8.21. The standard InChI is InChI=1S/C22H31ClN3O9P/c1-13(2)25-36(30,34-14(3)4)35-33-16-9-7-6-8-15(16)31-12-17-19(28)22(5,23)20(32-17)26-18(27)10-11-24-21(26)29/h6-11,13-14,17,19-20,28H,12H2,1-5H3,(H,24,29)(H,25,30)/t17-,19-,20-,22-,36?/m1/s1. The lowest BCUT2D eigenvalue weighted by atomic mass is 10.0. The Morgan fingerprint density at radius 1 is 1.22 bits per heavy atom. The number of aromatic amines is 1. The minimum atomic E-state index is -3.81. The topological polar surface area (TPSA) is 150 Å². The summed E-state index contributed by atoms with van der Waals surface area (Å²) in [6.07, 6.45) is -2.75. The molecule has 5 atom stereocenters. The SMILES string of the molecule is CC(C)NP(=O)(OOc1ccccc1OC[C@H]1O[C@@H](n2c(=O)cc[nH]c2=O)[C@](C)(Cl)[C@@H]1O)OC(C)C.